The van der Waals surface area contributed by atoms with E-state index in [1.165, 1.54) is 0 Å². The van der Waals surface area contributed by atoms with Gasteiger partial charge in [-0.25, -0.2) is 0 Å². The Morgan fingerprint density at radius 2 is 1.24 bits per heavy atom. The largest absolute Gasteiger partial charge is 0.299 e. The van der Waals surface area contributed by atoms with Crippen molar-refractivity contribution in [2.45, 2.75) is 72.1 Å². The predicted octanol–water partition coefficient (Wildman–Crippen LogP) is 7.13. The molecule has 0 amide bonds. The van der Waals surface area contributed by atoms with Crippen molar-refractivity contribution in [3.63, 3.8) is 0 Å². The molecule has 1 nitrogen and oxygen atoms in total. The standard InChI is InChI=1S/C24H36O/c1-4-5-6-7-8-9-10-11-12-13-14-15-16-17-18-19-23(25)24(20-21-24)22(2)3/h4-5,7-8,10-11,13-14,16-17,22H,6,9,12,15,18-21H2,1-3H3/b5-4-,8-7-,11-10-,14-13-,17-16-. The van der Waals surface area contributed by atoms with Crippen LogP contribution in [0.1, 0.15) is 72.1 Å². The fourth-order valence-corrected chi connectivity index (χ4v) is 3.02. The lowest BCUT2D eigenvalue weighted by atomic mass is 9.86. The van der Waals surface area contributed by atoms with Crippen LogP contribution in [0.15, 0.2) is 60.8 Å². The fourth-order valence-electron chi connectivity index (χ4n) is 3.02. The van der Waals surface area contributed by atoms with E-state index in [4.69, 9.17) is 0 Å². The van der Waals surface area contributed by atoms with Crippen molar-refractivity contribution in [1.82, 2.24) is 0 Å². The number of ketones is 1. The van der Waals surface area contributed by atoms with E-state index in [0.29, 0.717) is 18.1 Å². The van der Waals surface area contributed by atoms with Crippen molar-refractivity contribution in [3.8, 4) is 0 Å². The van der Waals surface area contributed by atoms with Gasteiger partial charge in [0, 0.05) is 11.8 Å². The second kappa shape index (κ2) is 12.7. The van der Waals surface area contributed by atoms with Gasteiger partial charge in [-0.1, -0.05) is 74.6 Å². The Hall–Kier alpha value is -1.63. The van der Waals surface area contributed by atoms with Crippen molar-refractivity contribution >= 4 is 5.78 Å². The van der Waals surface area contributed by atoms with Gasteiger partial charge in [0.15, 0.2) is 0 Å². The van der Waals surface area contributed by atoms with Gasteiger partial charge in [0.2, 0.25) is 0 Å². The highest BCUT2D eigenvalue weighted by molar-refractivity contribution is 5.87. The monoisotopic (exact) mass is 340 g/mol. The zero-order valence-corrected chi connectivity index (χ0v) is 16.4. The van der Waals surface area contributed by atoms with E-state index in [2.05, 4.69) is 74.6 Å². The van der Waals surface area contributed by atoms with Crippen molar-refractivity contribution in [3.05, 3.63) is 60.8 Å². The Morgan fingerprint density at radius 3 is 1.64 bits per heavy atom. The van der Waals surface area contributed by atoms with Crippen LogP contribution in [0.3, 0.4) is 0 Å². The zero-order chi connectivity index (χ0) is 18.4. The molecule has 1 saturated carbocycles. The van der Waals surface area contributed by atoms with E-state index in [9.17, 15) is 4.79 Å². The first-order chi connectivity index (χ1) is 12.1. The Balaban J connectivity index is 2.03. The Labute approximate surface area is 155 Å². The van der Waals surface area contributed by atoms with Gasteiger partial charge in [-0.15, -0.1) is 0 Å². The van der Waals surface area contributed by atoms with Gasteiger partial charge < -0.3 is 0 Å². The molecule has 0 radical (unpaired) electrons. The van der Waals surface area contributed by atoms with Crippen molar-refractivity contribution in [2.24, 2.45) is 11.3 Å². The lowest BCUT2D eigenvalue weighted by Gasteiger charge is -2.17. The van der Waals surface area contributed by atoms with Crippen LogP contribution in [0.4, 0.5) is 0 Å². The van der Waals surface area contributed by atoms with E-state index in [-0.39, 0.29) is 5.41 Å². The highest BCUT2D eigenvalue weighted by atomic mass is 16.1. The Kier molecular flexibility index (Phi) is 10.9. The van der Waals surface area contributed by atoms with Gasteiger partial charge in [0.05, 0.1) is 0 Å². The summed E-state index contributed by atoms with van der Waals surface area (Å²) in [4.78, 5) is 12.2. The third-order valence-electron chi connectivity index (χ3n) is 4.98. The van der Waals surface area contributed by atoms with Crippen LogP contribution < -0.4 is 0 Å². The molecule has 0 aromatic carbocycles. The van der Waals surface area contributed by atoms with Gasteiger partial charge in [0.1, 0.15) is 5.78 Å². The van der Waals surface area contributed by atoms with Crippen LogP contribution in [0.25, 0.3) is 0 Å². The molecule has 0 atom stereocenters. The normalized spacial score (nSPS) is 17.3. The minimum absolute atomic E-state index is 0.0436. The molecule has 0 unspecified atom stereocenters. The van der Waals surface area contributed by atoms with E-state index in [0.717, 1.165) is 44.9 Å². The van der Waals surface area contributed by atoms with Crippen LogP contribution in [0.5, 0.6) is 0 Å². The third-order valence-corrected chi connectivity index (χ3v) is 4.98. The average Bonchev–Trinajstić information content (AvgIpc) is 3.40. The second-order valence-corrected chi connectivity index (χ2v) is 7.17. The SMILES string of the molecule is C/C=C\C/C=C\C/C=C\C/C=C\C/C=C\CCC(=O)C1(C(C)C)CC1. The summed E-state index contributed by atoms with van der Waals surface area (Å²) < 4.78 is 0. The summed E-state index contributed by atoms with van der Waals surface area (Å²) in [5.74, 6) is 0.983. The Morgan fingerprint density at radius 1 is 0.800 bits per heavy atom. The van der Waals surface area contributed by atoms with Crippen LogP contribution in [0.2, 0.25) is 0 Å². The highest BCUT2D eigenvalue weighted by Gasteiger charge is 2.50. The molecular formula is C24H36O. The summed E-state index contributed by atoms with van der Waals surface area (Å²) in [6.07, 6.45) is 29.6. The maximum absolute atomic E-state index is 12.2. The van der Waals surface area contributed by atoms with Crippen LogP contribution in [0, 0.1) is 11.3 Å². The lowest BCUT2D eigenvalue weighted by molar-refractivity contribution is -0.125. The molecule has 1 fully saturated rings. The minimum atomic E-state index is 0.0436. The summed E-state index contributed by atoms with van der Waals surface area (Å²) in [7, 11) is 0. The van der Waals surface area contributed by atoms with Crippen molar-refractivity contribution in [2.75, 3.05) is 0 Å². The van der Waals surface area contributed by atoms with Crippen LogP contribution >= 0.6 is 0 Å². The molecule has 0 saturated heterocycles. The summed E-state index contributed by atoms with van der Waals surface area (Å²) in [5.41, 5.74) is 0.0436. The van der Waals surface area contributed by atoms with Gasteiger partial charge in [0.25, 0.3) is 0 Å². The molecule has 0 aliphatic heterocycles. The number of hydrogen-bond acceptors (Lipinski definition) is 1. The first-order valence-electron chi connectivity index (χ1n) is 9.88. The minimum Gasteiger partial charge on any atom is -0.299 e. The molecule has 0 spiro atoms. The second-order valence-electron chi connectivity index (χ2n) is 7.17. The summed E-state index contributed by atoms with van der Waals surface area (Å²) >= 11 is 0. The lowest BCUT2D eigenvalue weighted by Crippen LogP contribution is -2.21. The molecule has 0 aromatic rings. The average molecular weight is 341 g/mol. The molecule has 0 N–H and O–H groups in total. The van der Waals surface area contributed by atoms with Gasteiger partial charge in [-0.05, 0) is 57.8 Å². The first-order valence-corrected chi connectivity index (χ1v) is 9.88. The van der Waals surface area contributed by atoms with E-state index < -0.39 is 0 Å². The maximum Gasteiger partial charge on any atom is 0.139 e. The molecule has 138 valence electrons. The number of carbonyl (C=O) groups is 1. The third kappa shape index (κ3) is 8.86. The molecular weight excluding hydrogens is 304 g/mol. The number of allylic oxidation sites excluding steroid dienone is 10. The molecule has 25 heavy (non-hydrogen) atoms. The molecule has 0 bridgehead atoms. The fraction of sp³-hybridized carbons (Fsp3) is 0.542. The smallest absolute Gasteiger partial charge is 0.139 e. The molecule has 0 heterocycles. The molecule has 1 heteroatoms. The van der Waals surface area contributed by atoms with Gasteiger partial charge in [-0.3, -0.25) is 4.79 Å². The highest BCUT2D eigenvalue weighted by Crippen LogP contribution is 2.53. The quantitative estimate of drug-likeness (QED) is 0.326. The molecule has 1 rings (SSSR count). The van der Waals surface area contributed by atoms with Crippen molar-refractivity contribution in [1.29, 1.82) is 0 Å². The van der Waals surface area contributed by atoms with Crippen LogP contribution in [-0.2, 0) is 4.79 Å². The topological polar surface area (TPSA) is 17.1 Å². The number of carbonyl (C=O) groups excluding carboxylic acids is 1. The molecule has 0 aromatic heterocycles. The maximum atomic E-state index is 12.2. The number of Topliss-reactive ketones (excluding diaryl/α,β-unsaturated/α-hetero) is 1. The molecule has 1 aliphatic rings. The van der Waals surface area contributed by atoms with E-state index >= 15 is 0 Å². The van der Waals surface area contributed by atoms with E-state index in [1.54, 1.807) is 0 Å². The molecule has 1 aliphatic carbocycles. The zero-order valence-electron chi connectivity index (χ0n) is 16.4. The number of hydrogen-bond donors (Lipinski definition) is 0. The van der Waals surface area contributed by atoms with E-state index in [1.807, 2.05) is 6.92 Å². The number of rotatable bonds is 13. The van der Waals surface area contributed by atoms with Crippen molar-refractivity contribution < 1.29 is 4.79 Å². The first kappa shape index (κ1) is 21.4. The predicted molar refractivity (Wildman–Crippen MR) is 111 cm³/mol. The van der Waals surface area contributed by atoms with Gasteiger partial charge >= 0.3 is 0 Å². The summed E-state index contributed by atoms with van der Waals surface area (Å²) in [6.45, 7) is 6.41. The summed E-state index contributed by atoms with van der Waals surface area (Å²) in [6, 6.07) is 0. The Bertz CT molecular complexity index is 510. The summed E-state index contributed by atoms with van der Waals surface area (Å²) in [5, 5.41) is 0. The van der Waals surface area contributed by atoms with Crippen LogP contribution in [-0.4, -0.2) is 5.78 Å². The van der Waals surface area contributed by atoms with Gasteiger partial charge in [-0.2, -0.15) is 0 Å².